The molecule has 1 amide bonds. The summed E-state index contributed by atoms with van der Waals surface area (Å²) in [6, 6.07) is 8.80. The fourth-order valence-corrected chi connectivity index (χ4v) is 4.58. The van der Waals surface area contributed by atoms with Gasteiger partial charge in [0.15, 0.2) is 0 Å². The molecule has 0 spiro atoms. The third kappa shape index (κ3) is 2.63. The van der Waals surface area contributed by atoms with E-state index in [0.717, 1.165) is 37.3 Å². The standard InChI is InChI=1S/C20H26N2O2/c1-13-17-6-4-5-7-18(17)24-19(13)12-21(2)16-8-14-10-20(23)22(3)11-15(14)9-16/h4-7,14-16H,8-12H2,1-3H3/t14-,15+,16-/m1/s1. The zero-order chi connectivity index (χ0) is 16.8. The minimum atomic E-state index is 0.313. The lowest BCUT2D eigenvalue weighted by atomic mass is 9.88. The van der Waals surface area contributed by atoms with Crippen molar-refractivity contribution in [1.82, 2.24) is 9.80 Å². The van der Waals surface area contributed by atoms with E-state index >= 15 is 0 Å². The molecule has 24 heavy (non-hydrogen) atoms. The molecule has 0 unspecified atom stereocenters. The molecule has 0 radical (unpaired) electrons. The molecule has 4 nitrogen and oxygen atoms in total. The second-order valence-corrected chi connectivity index (χ2v) is 7.69. The Bertz CT molecular complexity index is 766. The topological polar surface area (TPSA) is 36.7 Å². The Balaban J connectivity index is 1.47. The smallest absolute Gasteiger partial charge is 0.222 e. The second-order valence-electron chi connectivity index (χ2n) is 7.69. The Labute approximate surface area is 143 Å². The summed E-state index contributed by atoms with van der Waals surface area (Å²) in [6.45, 7) is 3.92. The van der Waals surface area contributed by atoms with Gasteiger partial charge < -0.3 is 9.32 Å². The molecule has 1 aromatic heterocycles. The molecule has 1 aliphatic heterocycles. The second kappa shape index (κ2) is 5.92. The molecule has 0 bridgehead atoms. The largest absolute Gasteiger partial charge is 0.459 e. The Morgan fingerprint density at radius 2 is 2.00 bits per heavy atom. The van der Waals surface area contributed by atoms with Gasteiger partial charge in [-0.05, 0) is 50.3 Å². The Morgan fingerprint density at radius 3 is 2.79 bits per heavy atom. The van der Waals surface area contributed by atoms with Crippen molar-refractivity contribution in [2.24, 2.45) is 11.8 Å². The molecular formula is C20H26N2O2. The van der Waals surface area contributed by atoms with Crippen LogP contribution in [0, 0.1) is 18.8 Å². The van der Waals surface area contributed by atoms with Crippen molar-refractivity contribution >= 4 is 16.9 Å². The molecule has 3 atom stereocenters. The molecule has 0 N–H and O–H groups in total. The van der Waals surface area contributed by atoms with E-state index in [4.69, 9.17) is 4.42 Å². The first-order chi connectivity index (χ1) is 11.5. The molecule has 2 heterocycles. The third-order valence-corrected chi connectivity index (χ3v) is 6.15. The molecule has 1 aliphatic carbocycles. The van der Waals surface area contributed by atoms with Crippen molar-refractivity contribution in [3.05, 3.63) is 35.6 Å². The molecule has 1 saturated heterocycles. The zero-order valence-corrected chi connectivity index (χ0v) is 14.8. The number of carbonyl (C=O) groups excluding carboxylic acids is 1. The summed E-state index contributed by atoms with van der Waals surface area (Å²) in [5, 5.41) is 1.22. The molecule has 2 aromatic rings. The quantitative estimate of drug-likeness (QED) is 0.867. The molecule has 4 heteroatoms. The fraction of sp³-hybridized carbons (Fsp3) is 0.550. The monoisotopic (exact) mass is 326 g/mol. The number of likely N-dealkylation sites (tertiary alicyclic amines) is 1. The maximum Gasteiger partial charge on any atom is 0.222 e. The van der Waals surface area contributed by atoms with Gasteiger partial charge in [-0.15, -0.1) is 0 Å². The van der Waals surface area contributed by atoms with Gasteiger partial charge in [-0.3, -0.25) is 9.69 Å². The number of hydrogen-bond acceptors (Lipinski definition) is 3. The van der Waals surface area contributed by atoms with Crippen LogP contribution in [0.2, 0.25) is 0 Å². The number of carbonyl (C=O) groups is 1. The Kier molecular flexibility index (Phi) is 3.87. The molecule has 4 rings (SSSR count). The van der Waals surface area contributed by atoms with Crippen molar-refractivity contribution in [3.8, 4) is 0 Å². The van der Waals surface area contributed by atoms with Crippen LogP contribution in [0.5, 0.6) is 0 Å². The first-order valence-corrected chi connectivity index (χ1v) is 8.94. The summed E-state index contributed by atoms with van der Waals surface area (Å²) in [5.41, 5.74) is 2.23. The predicted octanol–water partition coefficient (Wildman–Crippen LogP) is 3.43. The van der Waals surface area contributed by atoms with Crippen LogP contribution in [0.1, 0.15) is 30.6 Å². The van der Waals surface area contributed by atoms with E-state index in [1.807, 2.05) is 24.1 Å². The number of aryl methyl sites for hydroxylation is 1. The van der Waals surface area contributed by atoms with Crippen LogP contribution in [0.15, 0.2) is 28.7 Å². The molecular weight excluding hydrogens is 300 g/mol. The summed E-state index contributed by atoms with van der Waals surface area (Å²) in [4.78, 5) is 16.3. The van der Waals surface area contributed by atoms with E-state index in [-0.39, 0.29) is 0 Å². The van der Waals surface area contributed by atoms with Crippen LogP contribution in [-0.4, -0.2) is 42.4 Å². The average Bonchev–Trinajstić information content (AvgIpc) is 3.10. The van der Waals surface area contributed by atoms with Crippen molar-refractivity contribution in [2.45, 2.75) is 38.8 Å². The van der Waals surface area contributed by atoms with Crippen LogP contribution < -0.4 is 0 Å². The van der Waals surface area contributed by atoms with Crippen molar-refractivity contribution < 1.29 is 9.21 Å². The predicted molar refractivity (Wildman–Crippen MR) is 94.7 cm³/mol. The van der Waals surface area contributed by atoms with Crippen molar-refractivity contribution in [2.75, 3.05) is 20.6 Å². The maximum absolute atomic E-state index is 11.9. The van der Waals surface area contributed by atoms with Crippen LogP contribution >= 0.6 is 0 Å². The highest BCUT2D eigenvalue weighted by Gasteiger charge is 2.41. The van der Waals surface area contributed by atoms with E-state index in [1.54, 1.807) is 0 Å². The first-order valence-electron chi connectivity index (χ1n) is 8.94. The summed E-state index contributed by atoms with van der Waals surface area (Å²) in [6.07, 6.45) is 3.06. The van der Waals surface area contributed by atoms with Gasteiger partial charge in [0.1, 0.15) is 11.3 Å². The summed E-state index contributed by atoms with van der Waals surface area (Å²) >= 11 is 0. The maximum atomic E-state index is 11.9. The van der Waals surface area contributed by atoms with Gasteiger partial charge in [-0.1, -0.05) is 18.2 Å². The lowest BCUT2D eigenvalue weighted by molar-refractivity contribution is -0.134. The zero-order valence-electron chi connectivity index (χ0n) is 14.8. The van der Waals surface area contributed by atoms with E-state index in [9.17, 15) is 4.79 Å². The van der Waals surface area contributed by atoms with Crippen LogP contribution in [-0.2, 0) is 11.3 Å². The van der Waals surface area contributed by atoms with Gasteiger partial charge >= 0.3 is 0 Å². The van der Waals surface area contributed by atoms with E-state index in [1.165, 1.54) is 17.4 Å². The SMILES string of the molecule is Cc1c(CN(C)[C@@H]2C[C@@H]3CC(=O)N(C)C[C@@H]3C2)oc2ccccc12. The first kappa shape index (κ1) is 15.7. The lowest BCUT2D eigenvalue weighted by Crippen LogP contribution is -2.39. The number of piperidine rings is 1. The number of furan rings is 1. The minimum absolute atomic E-state index is 0.313. The molecule has 1 aromatic carbocycles. The molecule has 2 fully saturated rings. The van der Waals surface area contributed by atoms with E-state index in [0.29, 0.717) is 23.8 Å². The number of amides is 1. The fourth-order valence-electron chi connectivity index (χ4n) is 4.58. The number of fused-ring (bicyclic) bond motifs is 2. The van der Waals surface area contributed by atoms with Gasteiger partial charge in [0, 0.05) is 31.4 Å². The summed E-state index contributed by atoms with van der Waals surface area (Å²) in [5.74, 6) is 2.62. The van der Waals surface area contributed by atoms with Gasteiger partial charge in [0.2, 0.25) is 5.91 Å². The van der Waals surface area contributed by atoms with Crippen LogP contribution in [0.4, 0.5) is 0 Å². The Morgan fingerprint density at radius 1 is 1.25 bits per heavy atom. The molecule has 128 valence electrons. The summed E-state index contributed by atoms with van der Waals surface area (Å²) < 4.78 is 6.08. The number of para-hydroxylation sites is 1. The van der Waals surface area contributed by atoms with E-state index in [2.05, 4.69) is 31.0 Å². The third-order valence-electron chi connectivity index (χ3n) is 6.15. The van der Waals surface area contributed by atoms with E-state index < -0.39 is 0 Å². The highest BCUT2D eigenvalue weighted by atomic mass is 16.3. The van der Waals surface area contributed by atoms with Crippen molar-refractivity contribution in [1.29, 1.82) is 0 Å². The van der Waals surface area contributed by atoms with Crippen LogP contribution in [0.25, 0.3) is 11.0 Å². The van der Waals surface area contributed by atoms with Gasteiger partial charge in [0.05, 0.1) is 6.54 Å². The normalized spacial score (nSPS) is 27.2. The number of hydrogen-bond donors (Lipinski definition) is 0. The molecule has 2 aliphatic rings. The van der Waals surface area contributed by atoms with Crippen molar-refractivity contribution in [3.63, 3.8) is 0 Å². The lowest BCUT2D eigenvalue weighted by Gasteiger charge is -2.31. The average molecular weight is 326 g/mol. The highest BCUT2D eigenvalue weighted by Crippen LogP contribution is 2.40. The minimum Gasteiger partial charge on any atom is -0.459 e. The summed E-state index contributed by atoms with van der Waals surface area (Å²) in [7, 11) is 4.13. The molecule has 1 saturated carbocycles. The van der Waals surface area contributed by atoms with Crippen LogP contribution in [0.3, 0.4) is 0 Å². The Hall–Kier alpha value is -1.81. The van der Waals surface area contributed by atoms with Gasteiger partial charge in [-0.2, -0.15) is 0 Å². The number of nitrogens with zero attached hydrogens (tertiary/aromatic N) is 2. The van der Waals surface area contributed by atoms with Gasteiger partial charge in [0.25, 0.3) is 0 Å². The number of benzene rings is 1. The van der Waals surface area contributed by atoms with Gasteiger partial charge in [-0.25, -0.2) is 0 Å². The number of rotatable bonds is 3. The highest BCUT2D eigenvalue weighted by molar-refractivity contribution is 5.81.